The second-order valence-corrected chi connectivity index (χ2v) is 4.41. The maximum absolute atomic E-state index is 11.6. The second kappa shape index (κ2) is 7.08. The van der Waals surface area contributed by atoms with E-state index in [1.54, 1.807) is 19.1 Å². The molecule has 0 spiro atoms. The van der Waals surface area contributed by atoms with Gasteiger partial charge < -0.3 is 13.9 Å². The van der Waals surface area contributed by atoms with Crippen LogP contribution in [-0.2, 0) is 9.59 Å². The number of carbonyl (C=O) groups is 2. The molecule has 1 heterocycles. The minimum Gasteiger partial charge on any atom is -0.465 e. The second-order valence-electron chi connectivity index (χ2n) is 4.41. The van der Waals surface area contributed by atoms with E-state index in [0.29, 0.717) is 22.8 Å². The molecule has 0 aliphatic carbocycles. The number of ether oxygens (including phenoxy) is 2. The van der Waals surface area contributed by atoms with Crippen LogP contribution < -0.4 is 9.47 Å². The third-order valence-electron chi connectivity index (χ3n) is 2.53. The van der Waals surface area contributed by atoms with Crippen molar-refractivity contribution in [2.45, 2.75) is 6.92 Å². The summed E-state index contributed by atoms with van der Waals surface area (Å²) in [5.41, 5.74) is 0.304. The van der Waals surface area contributed by atoms with Crippen molar-refractivity contribution in [3.05, 3.63) is 66.6 Å². The minimum atomic E-state index is -0.539. The molecule has 0 bridgehead atoms. The first-order valence-corrected chi connectivity index (χ1v) is 6.46. The molecule has 5 nitrogen and oxygen atoms in total. The van der Waals surface area contributed by atoms with Gasteiger partial charge in [-0.1, -0.05) is 6.58 Å². The average Bonchev–Trinajstić information content (AvgIpc) is 3.00. The number of benzene rings is 1. The summed E-state index contributed by atoms with van der Waals surface area (Å²) in [6, 6.07) is 9.54. The first kappa shape index (κ1) is 15.3. The molecule has 0 saturated heterocycles. The Labute approximate surface area is 127 Å². The maximum atomic E-state index is 11.6. The molecule has 0 aliphatic rings. The van der Waals surface area contributed by atoms with Crippen molar-refractivity contribution in [2.75, 3.05) is 0 Å². The van der Waals surface area contributed by atoms with Crippen molar-refractivity contribution in [3.63, 3.8) is 0 Å². The zero-order chi connectivity index (χ0) is 15.9. The van der Waals surface area contributed by atoms with Gasteiger partial charge in [0, 0.05) is 11.6 Å². The van der Waals surface area contributed by atoms with Gasteiger partial charge in [0.15, 0.2) is 0 Å². The number of esters is 2. The molecule has 22 heavy (non-hydrogen) atoms. The maximum Gasteiger partial charge on any atom is 0.338 e. The summed E-state index contributed by atoms with van der Waals surface area (Å²) < 4.78 is 15.2. The fourth-order valence-electron chi connectivity index (χ4n) is 1.46. The number of hydrogen-bond donors (Lipinski definition) is 0. The van der Waals surface area contributed by atoms with Crippen LogP contribution >= 0.6 is 0 Å². The van der Waals surface area contributed by atoms with Crippen molar-refractivity contribution in [2.24, 2.45) is 0 Å². The lowest BCUT2D eigenvalue weighted by molar-refractivity contribution is -0.130. The highest BCUT2D eigenvalue weighted by Gasteiger charge is 2.06. The standard InChI is InChI=1S/C17H14O5/c1-12(2)17(19)22-15-7-5-14(6-8-15)21-16(18)10-9-13-4-3-11-20-13/h3-11H,1H2,2H3/b10-9+. The molecule has 2 aromatic rings. The minimum absolute atomic E-state index is 0.304. The molecule has 0 aliphatic heterocycles. The highest BCUT2D eigenvalue weighted by molar-refractivity contribution is 5.89. The Bertz CT molecular complexity index is 693. The lowest BCUT2D eigenvalue weighted by atomic mass is 10.3. The van der Waals surface area contributed by atoms with Crippen LogP contribution in [-0.4, -0.2) is 11.9 Å². The van der Waals surface area contributed by atoms with Crippen molar-refractivity contribution >= 4 is 18.0 Å². The predicted molar refractivity (Wildman–Crippen MR) is 80.3 cm³/mol. The van der Waals surface area contributed by atoms with Gasteiger partial charge in [-0.25, -0.2) is 9.59 Å². The molecule has 1 aromatic heterocycles. The van der Waals surface area contributed by atoms with Crippen molar-refractivity contribution < 1.29 is 23.5 Å². The third-order valence-corrected chi connectivity index (χ3v) is 2.53. The summed E-state index contributed by atoms with van der Waals surface area (Å²) in [5.74, 6) is 0.191. The number of furan rings is 1. The third kappa shape index (κ3) is 4.49. The van der Waals surface area contributed by atoms with Gasteiger partial charge in [0.25, 0.3) is 0 Å². The van der Waals surface area contributed by atoms with Gasteiger partial charge in [-0.2, -0.15) is 0 Å². The smallest absolute Gasteiger partial charge is 0.338 e. The quantitative estimate of drug-likeness (QED) is 0.481. The highest BCUT2D eigenvalue weighted by atomic mass is 16.5. The van der Waals surface area contributed by atoms with Crippen LogP contribution in [0.3, 0.4) is 0 Å². The van der Waals surface area contributed by atoms with Crippen LogP contribution in [0.2, 0.25) is 0 Å². The van der Waals surface area contributed by atoms with Gasteiger partial charge in [0.1, 0.15) is 17.3 Å². The van der Waals surface area contributed by atoms with Crippen LogP contribution in [0.1, 0.15) is 12.7 Å². The monoisotopic (exact) mass is 298 g/mol. The van der Waals surface area contributed by atoms with Crippen LogP contribution in [0, 0.1) is 0 Å². The molecule has 0 saturated carbocycles. The topological polar surface area (TPSA) is 65.7 Å². The molecular weight excluding hydrogens is 284 g/mol. The first-order chi connectivity index (χ1) is 10.5. The van der Waals surface area contributed by atoms with Crippen molar-refractivity contribution in [1.29, 1.82) is 0 Å². The number of hydrogen-bond acceptors (Lipinski definition) is 5. The molecule has 0 N–H and O–H groups in total. The normalized spacial score (nSPS) is 10.4. The van der Waals surface area contributed by atoms with Crippen molar-refractivity contribution in [3.8, 4) is 11.5 Å². The molecule has 0 amide bonds. The van der Waals surface area contributed by atoms with Crippen LogP contribution in [0.5, 0.6) is 11.5 Å². The van der Waals surface area contributed by atoms with E-state index in [9.17, 15) is 9.59 Å². The Kier molecular flexibility index (Phi) is 4.93. The predicted octanol–water partition coefficient (Wildman–Crippen LogP) is 3.38. The first-order valence-electron chi connectivity index (χ1n) is 6.46. The zero-order valence-electron chi connectivity index (χ0n) is 11.9. The molecule has 0 unspecified atom stereocenters. The summed E-state index contributed by atoms with van der Waals surface area (Å²) in [4.78, 5) is 23.0. The van der Waals surface area contributed by atoms with Crippen molar-refractivity contribution in [1.82, 2.24) is 0 Å². The highest BCUT2D eigenvalue weighted by Crippen LogP contribution is 2.18. The van der Waals surface area contributed by atoms with E-state index < -0.39 is 11.9 Å². The Morgan fingerprint density at radius 2 is 1.73 bits per heavy atom. The van der Waals surface area contributed by atoms with Gasteiger partial charge in [0.05, 0.1) is 6.26 Å². The number of rotatable bonds is 5. The van der Waals surface area contributed by atoms with E-state index in [-0.39, 0.29) is 0 Å². The Morgan fingerprint density at radius 3 is 2.27 bits per heavy atom. The SMILES string of the molecule is C=C(C)C(=O)Oc1ccc(OC(=O)/C=C/c2ccco2)cc1. The largest absolute Gasteiger partial charge is 0.465 e. The molecule has 2 rings (SSSR count). The van der Waals surface area contributed by atoms with Gasteiger partial charge in [-0.05, 0) is 49.4 Å². The molecule has 0 radical (unpaired) electrons. The van der Waals surface area contributed by atoms with Gasteiger partial charge in [-0.3, -0.25) is 0 Å². The van der Waals surface area contributed by atoms with E-state index in [0.717, 1.165) is 0 Å². The molecule has 0 atom stereocenters. The Morgan fingerprint density at radius 1 is 1.09 bits per heavy atom. The van der Waals surface area contributed by atoms with Crippen LogP contribution in [0.4, 0.5) is 0 Å². The molecular formula is C17H14O5. The molecule has 0 fully saturated rings. The van der Waals surface area contributed by atoms with E-state index in [2.05, 4.69) is 6.58 Å². The van der Waals surface area contributed by atoms with Crippen LogP contribution in [0.25, 0.3) is 6.08 Å². The molecule has 5 heteroatoms. The summed E-state index contributed by atoms with van der Waals surface area (Å²) >= 11 is 0. The Hall–Kier alpha value is -3.08. The summed E-state index contributed by atoms with van der Waals surface area (Å²) in [6.07, 6.45) is 4.27. The summed E-state index contributed by atoms with van der Waals surface area (Å²) in [6.45, 7) is 5.05. The molecule has 112 valence electrons. The van der Waals surface area contributed by atoms with Gasteiger partial charge >= 0.3 is 11.9 Å². The lowest BCUT2D eigenvalue weighted by Gasteiger charge is -2.05. The molecule has 1 aromatic carbocycles. The fraction of sp³-hybridized carbons (Fsp3) is 0.0588. The lowest BCUT2D eigenvalue weighted by Crippen LogP contribution is -2.08. The van der Waals surface area contributed by atoms with E-state index in [1.807, 2.05) is 0 Å². The fourth-order valence-corrected chi connectivity index (χ4v) is 1.46. The van der Waals surface area contributed by atoms with E-state index in [1.165, 1.54) is 42.7 Å². The number of carbonyl (C=O) groups excluding carboxylic acids is 2. The van der Waals surface area contributed by atoms with Gasteiger partial charge in [0.2, 0.25) is 0 Å². The summed E-state index contributed by atoms with van der Waals surface area (Å²) in [7, 11) is 0. The van der Waals surface area contributed by atoms with Crippen LogP contribution in [0.15, 0.2) is 65.3 Å². The summed E-state index contributed by atoms with van der Waals surface area (Å²) in [5, 5.41) is 0. The van der Waals surface area contributed by atoms with E-state index in [4.69, 9.17) is 13.9 Å². The zero-order valence-corrected chi connectivity index (χ0v) is 11.9. The van der Waals surface area contributed by atoms with E-state index >= 15 is 0 Å². The average molecular weight is 298 g/mol. The van der Waals surface area contributed by atoms with Gasteiger partial charge in [-0.15, -0.1) is 0 Å². The Balaban J connectivity index is 1.92.